The summed E-state index contributed by atoms with van der Waals surface area (Å²) in [7, 11) is 1.47. The molecule has 0 spiro atoms. The monoisotopic (exact) mass is 709 g/mol. The van der Waals surface area contributed by atoms with Crippen LogP contribution in [0.25, 0.3) is 11.2 Å². The number of aromatic nitrogens is 3. The molecule has 17 heteroatoms. The van der Waals surface area contributed by atoms with E-state index in [0.29, 0.717) is 22.5 Å². The number of pyridine rings is 1. The minimum Gasteiger partial charge on any atom is -0.475 e. The molecule has 256 valence electrons. The highest BCUT2D eigenvalue weighted by molar-refractivity contribution is 6.36. The first-order valence-corrected chi connectivity index (χ1v) is 15.6. The predicted molar refractivity (Wildman–Crippen MR) is 159 cm³/mol. The summed E-state index contributed by atoms with van der Waals surface area (Å²) in [6.45, 7) is 0.000770. The molecule has 2 aliphatic rings. The number of alkyl halides is 6. The molecular weight excluding hydrogens is 679 g/mol. The van der Waals surface area contributed by atoms with Crippen molar-refractivity contribution in [1.29, 1.82) is 0 Å². The highest BCUT2D eigenvalue weighted by atomic mass is 35.5. The van der Waals surface area contributed by atoms with Crippen LogP contribution in [-0.4, -0.2) is 65.5 Å². The first kappa shape index (κ1) is 35.0. The molecule has 0 bridgehead atoms. The minimum atomic E-state index is -4.65. The third-order valence-corrected chi connectivity index (χ3v) is 9.39. The summed E-state index contributed by atoms with van der Waals surface area (Å²) < 4.78 is 90.0. The number of imidazole rings is 1. The number of fused-ring (bicyclic) bond motifs is 1. The van der Waals surface area contributed by atoms with E-state index in [0.717, 1.165) is 0 Å². The molecular formula is C30H31Cl2F6N5O4. The van der Waals surface area contributed by atoms with Crippen molar-refractivity contribution in [1.82, 2.24) is 25.6 Å². The molecule has 0 aliphatic heterocycles. The number of rotatable bonds is 11. The van der Waals surface area contributed by atoms with Crippen LogP contribution in [0.4, 0.5) is 26.3 Å². The van der Waals surface area contributed by atoms with Gasteiger partial charge in [0.25, 0.3) is 5.91 Å². The van der Waals surface area contributed by atoms with E-state index in [9.17, 15) is 35.9 Å². The van der Waals surface area contributed by atoms with Gasteiger partial charge >= 0.3 is 12.4 Å². The molecule has 5 rings (SSSR count). The van der Waals surface area contributed by atoms with Crippen molar-refractivity contribution in [2.75, 3.05) is 20.3 Å². The van der Waals surface area contributed by atoms with Crippen LogP contribution in [-0.2, 0) is 22.5 Å². The number of ether oxygens (including phenoxy) is 2. The summed E-state index contributed by atoms with van der Waals surface area (Å²) in [6, 6.07) is 4.03. The molecule has 0 radical (unpaired) electrons. The molecule has 0 saturated heterocycles. The Bertz CT molecular complexity index is 1640. The fourth-order valence-electron chi connectivity index (χ4n) is 5.60. The van der Waals surface area contributed by atoms with Crippen LogP contribution in [0.1, 0.15) is 65.8 Å². The van der Waals surface area contributed by atoms with Gasteiger partial charge in [0.05, 0.1) is 23.1 Å². The molecule has 0 unspecified atom stereocenters. The van der Waals surface area contributed by atoms with E-state index < -0.39 is 41.5 Å². The normalized spacial score (nSPS) is 19.4. The summed E-state index contributed by atoms with van der Waals surface area (Å²) in [4.78, 5) is 37.6. The molecule has 2 fully saturated rings. The number of carbonyl (C=O) groups excluding carboxylic acids is 2. The second kappa shape index (κ2) is 13.7. The zero-order valence-corrected chi connectivity index (χ0v) is 26.5. The third kappa shape index (κ3) is 7.72. The van der Waals surface area contributed by atoms with Gasteiger partial charge < -0.3 is 25.1 Å². The summed E-state index contributed by atoms with van der Waals surface area (Å²) in [6.07, 6.45) is -9.24. The van der Waals surface area contributed by atoms with E-state index in [1.165, 1.54) is 25.3 Å². The van der Waals surface area contributed by atoms with Crippen LogP contribution in [0.15, 0.2) is 18.2 Å². The van der Waals surface area contributed by atoms with E-state index in [1.807, 2.05) is 0 Å². The fourth-order valence-corrected chi connectivity index (χ4v) is 6.17. The number of hydrogen-bond acceptors (Lipinski definition) is 6. The number of nitrogens with zero attached hydrogens (tertiary/aromatic N) is 2. The van der Waals surface area contributed by atoms with Crippen molar-refractivity contribution < 1.29 is 45.4 Å². The Morgan fingerprint density at radius 2 is 1.74 bits per heavy atom. The van der Waals surface area contributed by atoms with E-state index in [4.69, 9.17) is 32.7 Å². The first-order chi connectivity index (χ1) is 22.1. The van der Waals surface area contributed by atoms with Gasteiger partial charge in [0.2, 0.25) is 11.8 Å². The third-order valence-electron chi connectivity index (χ3n) is 8.56. The summed E-state index contributed by atoms with van der Waals surface area (Å²) in [5, 5.41) is 5.50. The van der Waals surface area contributed by atoms with Crippen molar-refractivity contribution in [3.8, 4) is 5.88 Å². The summed E-state index contributed by atoms with van der Waals surface area (Å²) in [5.41, 5.74) is -1.05. The average molecular weight is 711 g/mol. The molecule has 2 amide bonds. The number of hydrogen-bond donors (Lipinski definition) is 3. The Morgan fingerprint density at radius 1 is 1.04 bits per heavy atom. The van der Waals surface area contributed by atoms with Gasteiger partial charge in [0, 0.05) is 31.1 Å². The van der Waals surface area contributed by atoms with Gasteiger partial charge in [-0.15, -0.1) is 0 Å². The van der Waals surface area contributed by atoms with Gasteiger partial charge in [-0.3, -0.25) is 9.59 Å². The van der Waals surface area contributed by atoms with Crippen LogP contribution in [0, 0.1) is 11.3 Å². The molecule has 2 saturated carbocycles. The Labute approximate surface area is 275 Å². The molecule has 3 N–H and O–H groups in total. The van der Waals surface area contributed by atoms with E-state index in [-0.39, 0.29) is 91.8 Å². The van der Waals surface area contributed by atoms with Crippen LogP contribution in [0.2, 0.25) is 10.0 Å². The number of H-pyrrole nitrogens is 1. The van der Waals surface area contributed by atoms with Crippen molar-refractivity contribution in [2.24, 2.45) is 11.3 Å². The van der Waals surface area contributed by atoms with Crippen molar-refractivity contribution in [2.45, 2.75) is 69.9 Å². The number of benzene rings is 1. The van der Waals surface area contributed by atoms with Crippen LogP contribution in [0.5, 0.6) is 5.88 Å². The standard InChI is InChI=1S/C30H31Cl2F6N5O4/c1-46-10-11-47-26-19(25(44)40-17-5-3-16(4-6-17)29(33,34)35)12-21-24(43-26)42-22(41-21)13-18-20(31)7-2-15(23(18)32)14-39-27(45)28(8-9-28)30(36,37)38/h2,7,12,16-17H,3-6,8-11,13-14H2,1H3,(H,39,45)(H,40,44)(H,41,42,43). The molecule has 2 aromatic heterocycles. The lowest BCUT2D eigenvalue weighted by Gasteiger charge is -2.30. The smallest absolute Gasteiger partial charge is 0.403 e. The Hall–Kier alpha value is -3.30. The maximum Gasteiger partial charge on any atom is 0.403 e. The molecule has 1 aromatic carbocycles. The number of amides is 2. The lowest BCUT2D eigenvalue weighted by molar-refractivity contribution is -0.192. The zero-order chi connectivity index (χ0) is 34.1. The second-order valence-electron chi connectivity index (χ2n) is 11.7. The maximum atomic E-state index is 13.3. The van der Waals surface area contributed by atoms with Gasteiger partial charge in [0.1, 0.15) is 23.4 Å². The molecule has 2 aliphatic carbocycles. The fraction of sp³-hybridized carbons (Fsp3) is 0.533. The lowest BCUT2D eigenvalue weighted by Crippen LogP contribution is -2.41. The van der Waals surface area contributed by atoms with Gasteiger partial charge in [-0.2, -0.15) is 31.3 Å². The predicted octanol–water partition coefficient (Wildman–Crippen LogP) is 6.69. The number of aromatic amines is 1. The highest BCUT2D eigenvalue weighted by Crippen LogP contribution is 2.57. The highest BCUT2D eigenvalue weighted by Gasteiger charge is 2.68. The SMILES string of the molecule is COCCOc1nc2nc(Cc3c(Cl)ccc(CNC(=O)C4(C(F)(F)F)CC4)c3Cl)[nH]c2cc1C(=O)NC1CCC(C(F)(F)F)CC1. The Morgan fingerprint density at radius 3 is 2.36 bits per heavy atom. The summed E-state index contributed by atoms with van der Waals surface area (Å²) in [5.74, 6) is -2.79. The largest absolute Gasteiger partial charge is 0.475 e. The number of halogens is 8. The molecule has 47 heavy (non-hydrogen) atoms. The van der Waals surface area contributed by atoms with Crippen molar-refractivity contribution >= 4 is 46.2 Å². The first-order valence-electron chi connectivity index (χ1n) is 14.8. The van der Waals surface area contributed by atoms with E-state index in [2.05, 4.69) is 25.6 Å². The van der Waals surface area contributed by atoms with E-state index >= 15 is 0 Å². The van der Waals surface area contributed by atoms with Crippen LogP contribution in [0.3, 0.4) is 0 Å². The summed E-state index contributed by atoms with van der Waals surface area (Å²) >= 11 is 13.0. The van der Waals surface area contributed by atoms with Crippen LogP contribution >= 0.6 is 23.2 Å². The Kier molecular flexibility index (Phi) is 10.2. The minimum absolute atomic E-state index is 0.0339. The second-order valence-corrected chi connectivity index (χ2v) is 12.5. The van der Waals surface area contributed by atoms with Gasteiger partial charge in [-0.1, -0.05) is 29.3 Å². The van der Waals surface area contributed by atoms with Gasteiger partial charge in [-0.25, -0.2) is 4.98 Å². The van der Waals surface area contributed by atoms with E-state index in [1.54, 1.807) is 0 Å². The van der Waals surface area contributed by atoms with Crippen molar-refractivity contribution in [3.63, 3.8) is 0 Å². The quantitative estimate of drug-likeness (QED) is 0.151. The van der Waals surface area contributed by atoms with Gasteiger partial charge in [0.15, 0.2) is 5.65 Å². The average Bonchev–Trinajstić information content (AvgIpc) is 3.74. The number of methoxy groups -OCH3 is 1. The van der Waals surface area contributed by atoms with Crippen molar-refractivity contribution in [3.05, 3.63) is 50.8 Å². The molecule has 9 nitrogen and oxygen atoms in total. The Balaban J connectivity index is 1.33. The van der Waals surface area contributed by atoms with Gasteiger partial charge in [-0.05, 0) is 61.8 Å². The number of nitrogens with one attached hydrogen (secondary N) is 3. The zero-order valence-electron chi connectivity index (χ0n) is 25.0. The molecule has 0 atom stereocenters. The topological polar surface area (TPSA) is 118 Å². The maximum absolute atomic E-state index is 13.3. The number of carbonyl (C=O) groups is 2. The lowest BCUT2D eigenvalue weighted by atomic mass is 9.85. The molecule has 2 heterocycles. The molecule has 3 aromatic rings. The van der Waals surface area contributed by atoms with Crippen LogP contribution < -0.4 is 15.4 Å².